The van der Waals surface area contributed by atoms with Crippen molar-refractivity contribution in [1.82, 2.24) is 19.7 Å². The molecule has 7 heteroatoms. The van der Waals surface area contributed by atoms with Crippen molar-refractivity contribution in [3.05, 3.63) is 41.7 Å². The largest absolute Gasteiger partial charge is 0.319 e. The average molecular weight is 315 g/mol. The number of carbonyl (C=O) groups is 1. The van der Waals surface area contributed by atoms with E-state index < -0.39 is 0 Å². The first-order chi connectivity index (χ1) is 11.1. The predicted octanol–water partition coefficient (Wildman–Crippen LogP) is 1.40. The molecule has 0 bridgehead atoms. The predicted molar refractivity (Wildman–Crippen MR) is 82.6 cm³/mol. The van der Waals surface area contributed by atoms with Gasteiger partial charge in [-0.05, 0) is 37.1 Å². The minimum absolute atomic E-state index is 0.303. The van der Waals surface area contributed by atoms with Gasteiger partial charge in [-0.2, -0.15) is 0 Å². The number of likely N-dealkylation sites (tertiary alicyclic amines) is 1. The fourth-order valence-electron chi connectivity index (χ4n) is 3.68. The Labute approximate surface area is 133 Å². The van der Waals surface area contributed by atoms with Crippen LogP contribution < -0.4 is 5.32 Å². The van der Waals surface area contributed by atoms with Gasteiger partial charge in [-0.15, -0.1) is 10.2 Å². The lowest BCUT2D eigenvalue weighted by Crippen LogP contribution is -2.31. The Morgan fingerprint density at radius 2 is 2.09 bits per heavy atom. The molecule has 0 spiro atoms. The minimum Gasteiger partial charge on any atom is -0.319 e. The molecule has 0 unspecified atom stereocenters. The van der Waals surface area contributed by atoms with Gasteiger partial charge in [-0.1, -0.05) is 6.07 Å². The van der Waals surface area contributed by atoms with Crippen LogP contribution in [0.2, 0.25) is 0 Å². The summed E-state index contributed by atoms with van der Waals surface area (Å²) in [5.74, 6) is 1.56. The third-order valence-corrected chi connectivity index (χ3v) is 4.73. The molecule has 2 atom stereocenters. The maximum absolute atomic E-state index is 13.2. The highest BCUT2D eigenvalue weighted by atomic mass is 19.1. The minimum atomic E-state index is -0.386. The normalized spacial score (nSPS) is 23.4. The summed E-state index contributed by atoms with van der Waals surface area (Å²) in [5.41, 5.74) is 0.418. The zero-order valence-corrected chi connectivity index (χ0v) is 12.9. The van der Waals surface area contributed by atoms with Gasteiger partial charge in [0, 0.05) is 31.7 Å². The van der Waals surface area contributed by atoms with Gasteiger partial charge in [0.15, 0.2) is 0 Å². The fourth-order valence-corrected chi connectivity index (χ4v) is 3.68. The third kappa shape index (κ3) is 2.61. The van der Waals surface area contributed by atoms with Crippen molar-refractivity contribution in [2.45, 2.75) is 13.0 Å². The SMILES string of the molecule is CN1C[C@@H]2Cc3nnc(C(=O)Nc4cccc(F)c4)n3C[C@@H]2C1. The van der Waals surface area contributed by atoms with E-state index in [2.05, 4.69) is 27.5 Å². The van der Waals surface area contributed by atoms with Crippen LogP contribution in [0.15, 0.2) is 24.3 Å². The summed E-state index contributed by atoms with van der Waals surface area (Å²) in [6.45, 7) is 2.87. The second kappa shape index (κ2) is 5.42. The Bertz CT molecular complexity index is 759. The molecule has 6 nitrogen and oxygen atoms in total. The summed E-state index contributed by atoms with van der Waals surface area (Å²) in [7, 11) is 2.12. The lowest BCUT2D eigenvalue weighted by atomic mass is 9.89. The number of hydrogen-bond acceptors (Lipinski definition) is 4. The molecule has 0 saturated carbocycles. The van der Waals surface area contributed by atoms with E-state index in [0.717, 1.165) is 31.9 Å². The second-order valence-electron chi connectivity index (χ2n) is 6.46. The molecule has 2 aliphatic rings. The van der Waals surface area contributed by atoms with Gasteiger partial charge in [0.1, 0.15) is 11.6 Å². The summed E-state index contributed by atoms with van der Waals surface area (Å²) in [5, 5.41) is 10.9. The number of nitrogens with zero attached hydrogens (tertiary/aromatic N) is 4. The zero-order valence-electron chi connectivity index (χ0n) is 12.9. The molecule has 0 radical (unpaired) electrons. The monoisotopic (exact) mass is 315 g/mol. The maximum Gasteiger partial charge on any atom is 0.293 e. The Morgan fingerprint density at radius 1 is 1.26 bits per heavy atom. The summed E-state index contributed by atoms with van der Waals surface area (Å²) in [6.07, 6.45) is 0.856. The van der Waals surface area contributed by atoms with Crippen LogP contribution in [0, 0.1) is 17.7 Å². The first kappa shape index (κ1) is 14.3. The van der Waals surface area contributed by atoms with Crippen LogP contribution in [0.3, 0.4) is 0 Å². The smallest absolute Gasteiger partial charge is 0.293 e. The van der Waals surface area contributed by atoms with Gasteiger partial charge in [0.2, 0.25) is 5.82 Å². The Hall–Kier alpha value is -2.28. The van der Waals surface area contributed by atoms with Crippen molar-refractivity contribution in [3.63, 3.8) is 0 Å². The molecule has 1 fully saturated rings. The molecule has 0 aliphatic carbocycles. The number of rotatable bonds is 2. The summed E-state index contributed by atoms with van der Waals surface area (Å²) in [4.78, 5) is 14.8. The van der Waals surface area contributed by atoms with Gasteiger partial charge in [0.25, 0.3) is 5.91 Å². The molecule has 1 amide bonds. The van der Waals surface area contributed by atoms with Crippen molar-refractivity contribution in [1.29, 1.82) is 0 Å². The molecular formula is C16H18FN5O. The Balaban J connectivity index is 1.56. The number of hydrogen-bond donors (Lipinski definition) is 1. The van der Waals surface area contributed by atoms with E-state index >= 15 is 0 Å². The summed E-state index contributed by atoms with van der Waals surface area (Å²) >= 11 is 0. The number of amides is 1. The number of benzene rings is 1. The standard InChI is InChI=1S/C16H18FN5O/c1-21-7-10-5-14-19-20-15(22(14)9-11(10)8-21)16(23)18-13-4-2-3-12(17)6-13/h2-4,6,10-11H,5,7-9H2,1H3,(H,18,23)/t10-,11-/m0/s1. The van der Waals surface area contributed by atoms with E-state index in [1.54, 1.807) is 12.1 Å². The zero-order chi connectivity index (χ0) is 16.0. The molecule has 1 N–H and O–H groups in total. The van der Waals surface area contributed by atoms with Gasteiger partial charge in [-0.3, -0.25) is 4.79 Å². The van der Waals surface area contributed by atoms with E-state index in [4.69, 9.17) is 0 Å². The van der Waals surface area contributed by atoms with Gasteiger partial charge in [-0.25, -0.2) is 4.39 Å². The number of anilines is 1. The Kier molecular flexibility index (Phi) is 3.37. The second-order valence-corrected chi connectivity index (χ2v) is 6.46. The highest BCUT2D eigenvalue weighted by Gasteiger charge is 2.37. The van der Waals surface area contributed by atoms with Crippen LogP contribution in [0.25, 0.3) is 0 Å². The molecule has 3 heterocycles. The number of carbonyl (C=O) groups excluding carboxylic acids is 1. The molecule has 1 saturated heterocycles. The molecule has 1 aromatic heterocycles. The van der Waals surface area contributed by atoms with E-state index in [-0.39, 0.29) is 11.7 Å². The van der Waals surface area contributed by atoms with E-state index in [1.165, 1.54) is 12.1 Å². The Morgan fingerprint density at radius 3 is 2.91 bits per heavy atom. The van der Waals surface area contributed by atoms with Crippen LogP contribution in [-0.4, -0.2) is 45.7 Å². The van der Waals surface area contributed by atoms with Crippen molar-refractivity contribution in [2.75, 3.05) is 25.5 Å². The number of fused-ring (bicyclic) bond motifs is 2. The highest BCUT2D eigenvalue weighted by molar-refractivity contribution is 6.01. The third-order valence-electron chi connectivity index (χ3n) is 4.73. The van der Waals surface area contributed by atoms with E-state index in [0.29, 0.717) is 23.3 Å². The van der Waals surface area contributed by atoms with Crippen LogP contribution in [-0.2, 0) is 13.0 Å². The molecular weight excluding hydrogens is 297 g/mol. The lowest BCUT2D eigenvalue weighted by molar-refractivity contribution is 0.100. The molecule has 120 valence electrons. The van der Waals surface area contributed by atoms with Crippen molar-refractivity contribution in [3.8, 4) is 0 Å². The van der Waals surface area contributed by atoms with Crippen LogP contribution >= 0.6 is 0 Å². The van der Waals surface area contributed by atoms with Crippen molar-refractivity contribution in [2.24, 2.45) is 11.8 Å². The van der Waals surface area contributed by atoms with Crippen LogP contribution in [0.1, 0.15) is 16.4 Å². The number of halogens is 1. The molecule has 2 aromatic rings. The highest BCUT2D eigenvalue weighted by Crippen LogP contribution is 2.31. The van der Waals surface area contributed by atoms with Gasteiger partial charge in [0.05, 0.1) is 0 Å². The van der Waals surface area contributed by atoms with Crippen LogP contribution in [0.5, 0.6) is 0 Å². The van der Waals surface area contributed by atoms with Gasteiger partial charge >= 0.3 is 0 Å². The molecule has 2 aliphatic heterocycles. The molecule has 23 heavy (non-hydrogen) atoms. The topological polar surface area (TPSA) is 63.1 Å². The quantitative estimate of drug-likeness (QED) is 0.910. The molecule has 1 aromatic carbocycles. The number of nitrogens with one attached hydrogen (secondary N) is 1. The van der Waals surface area contributed by atoms with Gasteiger partial charge < -0.3 is 14.8 Å². The summed E-state index contributed by atoms with van der Waals surface area (Å²) < 4.78 is 15.1. The van der Waals surface area contributed by atoms with Crippen LogP contribution in [0.4, 0.5) is 10.1 Å². The average Bonchev–Trinajstić information content (AvgIpc) is 3.06. The fraction of sp³-hybridized carbons (Fsp3) is 0.438. The van der Waals surface area contributed by atoms with Crippen molar-refractivity contribution >= 4 is 11.6 Å². The maximum atomic E-state index is 13.2. The summed E-state index contributed by atoms with van der Waals surface area (Å²) in [6, 6.07) is 5.83. The molecule has 4 rings (SSSR count). The first-order valence-corrected chi connectivity index (χ1v) is 7.77. The van der Waals surface area contributed by atoms with Crippen molar-refractivity contribution < 1.29 is 9.18 Å². The van der Waals surface area contributed by atoms with E-state index in [9.17, 15) is 9.18 Å². The number of aromatic nitrogens is 3. The van der Waals surface area contributed by atoms with E-state index in [1.807, 2.05) is 4.57 Å². The lowest BCUT2D eigenvalue weighted by Gasteiger charge is -2.25. The first-order valence-electron chi connectivity index (χ1n) is 7.77.